The maximum atomic E-state index is 12.5. The first kappa shape index (κ1) is 20.7. The average Bonchev–Trinajstić information content (AvgIpc) is 3.25. The number of carbonyl (C=O) groups excluding carboxylic acids is 2. The van der Waals surface area contributed by atoms with Crippen molar-refractivity contribution >= 4 is 11.8 Å². The van der Waals surface area contributed by atoms with Crippen LogP contribution in [0.4, 0.5) is 26.3 Å². The van der Waals surface area contributed by atoms with E-state index in [-0.39, 0.29) is 32.6 Å². The Balaban J connectivity index is 1.65. The van der Waals surface area contributed by atoms with E-state index in [1.165, 1.54) is 9.80 Å². The lowest BCUT2D eigenvalue weighted by Crippen LogP contribution is -2.37. The van der Waals surface area contributed by atoms with E-state index in [9.17, 15) is 35.9 Å². The van der Waals surface area contributed by atoms with E-state index < -0.39 is 47.3 Å². The molecule has 3 heterocycles. The third kappa shape index (κ3) is 4.51. The fourth-order valence-corrected chi connectivity index (χ4v) is 2.65. The molecule has 0 aliphatic carbocycles. The highest BCUT2D eigenvalue weighted by Gasteiger charge is 2.39. The zero-order valence-corrected chi connectivity index (χ0v) is 14.4. The van der Waals surface area contributed by atoms with Crippen LogP contribution in [0.15, 0.2) is 21.4 Å². The van der Waals surface area contributed by atoms with Gasteiger partial charge < -0.3 is 18.6 Å². The van der Waals surface area contributed by atoms with Gasteiger partial charge in [0, 0.05) is 26.2 Å². The molecule has 2 aromatic heterocycles. The number of nitrogens with zero attached hydrogens (tertiary/aromatic N) is 4. The van der Waals surface area contributed by atoms with Crippen LogP contribution < -0.4 is 0 Å². The smallest absolute Gasteiger partial charge is 0.441 e. The van der Waals surface area contributed by atoms with E-state index >= 15 is 0 Å². The number of oxazole rings is 2. The number of halogens is 6. The van der Waals surface area contributed by atoms with Crippen LogP contribution in [-0.4, -0.2) is 57.8 Å². The quantitative estimate of drug-likeness (QED) is 0.686. The number of rotatable bonds is 2. The van der Waals surface area contributed by atoms with E-state index in [0.717, 1.165) is 0 Å². The second-order valence-electron chi connectivity index (χ2n) is 6.01. The first-order valence-corrected chi connectivity index (χ1v) is 8.11. The molecule has 2 aromatic rings. The largest absolute Gasteiger partial charge is 0.468 e. The SMILES string of the molecule is O=C(c1coc(C(F)(F)F)n1)N1CCCN(C(=O)c2coc(C(F)(F)F)n2)CC1. The number of alkyl halides is 6. The molecule has 1 fully saturated rings. The summed E-state index contributed by atoms with van der Waals surface area (Å²) in [5, 5.41) is 0. The van der Waals surface area contributed by atoms with Gasteiger partial charge >= 0.3 is 24.1 Å². The molecule has 1 aliphatic heterocycles. The Hall–Kier alpha value is -3.06. The molecule has 0 spiro atoms. The van der Waals surface area contributed by atoms with Crippen LogP contribution in [0.2, 0.25) is 0 Å². The number of aromatic nitrogens is 2. The lowest BCUT2D eigenvalue weighted by atomic mass is 10.3. The Kier molecular flexibility index (Phi) is 5.28. The van der Waals surface area contributed by atoms with Crippen LogP contribution in [0.3, 0.4) is 0 Å². The maximum absolute atomic E-state index is 12.5. The Labute approximate surface area is 158 Å². The van der Waals surface area contributed by atoms with Crippen molar-refractivity contribution in [3.05, 3.63) is 35.7 Å². The molecular weight excluding hydrogens is 414 g/mol. The summed E-state index contributed by atoms with van der Waals surface area (Å²) in [5.74, 6) is -4.75. The van der Waals surface area contributed by atoms with E-state index in [4.69, 9.17) is 0 Å². The van der Waals surface area contributed by atoms with Gasteiger partial charge in [0.15, 0.2) is 11.4 Å². The lowest BCUT2D eigenvalue weighted by Gasteiger charge is -2.20. The number of carbonyl (C=O) groups is 2. The maximum Gasteiger partial charge on any atom is 0.468 e. The molecular formula is C15H12F6N4O4. The first-order valence-electron chi connectivity index (χ1n) is 8.11. The molecule has 0 saturated carbocycles. The summed E-state index contributed by atoms with van der Waals surface area (Å²) >= 11 is 0. The highest BCUT2D eigenvalue weighted by Crippen LogP contribution is 2.29. The van der Waals surface area contributed by atoms with Crippen LogP contribution >= 0.6 is 0 Å². The molecule has 0 bridgehead atoms. The first-order chi connectivity index (χ1) is 13.5. The third-order valence-electron chi connectivity index (χ3n) is 4.00. The fraction of sp³-hybridized carbons (Fsp3) is 0.467. The molecule has 8 nitrogen and oxygen atoms in total. The fourth-order valence-electron chi connectivity index (χ4n) is 2.65. The zero-order valence-electron chi connectivity index (χ0n) is 14.4. The molecule has 0 N–H and O–H groups in total. The summed E-state index contributed by atoms with van der Waals surface area (Å²) in [5.41, 5.74) is -1.08. The normalized spacial score (nSPS) is 16.1. The van der Waals surface area contributed by atoms with Gasteiger partial charge in [-0.25, -0.2) is 9.97 Å². The van der Waals surface area contributed by atoms with Crippen LogP contribution in [0.1, 0.15) is 39.2 Å². The Morgan fingerprint density at radius 1 is 0.759 bits per heavy atom. The van der Waals surface area contributed by atoms with Gasteiger partial charge in [-0.3, -0.25) is 9.59 Å². The van der Waals surface area contributed by atoms with Crippen molar-refractivity contribution in [1.29, 1.82) is 0 Å². The van der Waals surface area contributed by atoms with Gasteiger partial charge in [0.1, 0.15) is 12.5 Å². The molecule has 2 amide bonds. The summed E-state index contributed by atoms with van der Waals surface area (Å²) in [6, 6.07) is 0. The predicted octanol–water partition coefficient (Wildman–Crippen LogP) is 2.69. The molecule has 158 valence electrons. The van der Waals surface area contributed by atoms with Crippen LogP contribution in [-0.2, 0) is 12.4 Å². The summed E-state index contributed by atoms with van der Waals surface area (Å²) < 4.78 is 83.8. The Morgan fingerprint density at radius 2 is 1.14 bits per heavy atom. The zero-order chi connectivity index (χ0) is 21.4. The van der Waals surface area contributed by atoms with E-state index in [1.807, 2.05) is 0 Å². The standard InChI is InChI=1S/C15H12F6N4O4/c16-14(17,18)12-22-8(6-28-12)10(26)24-2-1-3-25(5-4-24)11(27)9-7-29-13(23-9)15(19,20)21/h6-7H,1-5H2. The van der Waals surface area contributed by atoms with E-state index in [2.05, 4.69) is 18.8 Å². The van der Waals surface area contributed by atoms with E-state index in [1.54, 1.807) is 0 Å². The van der Waals surface area contributed by atoms with Gasteiger partial charge in [-0.1, -0.05) is 0 Å². The molecule has 1 saturated heterocycles. The molecule has 0 unspecified atom stereocenters. The Morgan fingerprint density at radius 3 is 1.45 bits per heavy atom. The van der Waals surface area contributed by atoms with Gasteiger partial charge in [-0.15, -0.1) is 0 Å². The van der Waals surface area contributed by atoms with Crippen LogP contribution in [0.25, 0.3) is 0 Å². The van der Waals surface area contributed by atoms with Crippen molar-refractivity contribution in [3.63, 3.8) is 0 Å². The van der Waals surface area contributed by atoms with Gasteiger partial charge in [0.05, 0.1) is 0 Å². The predicted molar refractivity (Wildman–Crippen MR) is 79.4 cm³/mol. The minimum atomic E-state index is -4.84. The second-order valence-corrected chi connectivity index (χ2v) is 6.01. The van der Waals surface area contributed by atoms with Crippen molar-refractivity contribution in [2.24, 2.45) is 0 Å². The highest BCUT2D eigenvalue weighted by molar-refractivity contribution is 5.93. The molecule has 29 heavy (non-hydrogen) atoms. The number of amides is 2. The van der Waals surface area contributed by atoms with Gasteiger partial charge in [-0.2, -0.15) is 26.3 Å². The third-order valence-corrected chi connectivity index (χ3v) is 4.00. The number of hydrogen-bond donors (Lipinski definition) is 0. The van der Waals surface area contributed by atoms with Gasteiger partial charge in [-0.05, 0) is 6.42 Å². The van der Waals surface area contributed by atoms with Crippen LogP contribution in [0, 0.1) is 0 Å². The monoisotopic (exact) mass is 426 g/mol. The van der Waals surface area contributed by atoms with Crippen molar-refractivity contribution in [1.82, 2.24) is 19.8 Å². The highest BCUT2D eigenvalue weighted by atomic mass is 19.4. The molecule has 3 rings (SSSR count). The molecule has 0 radical (unpaired) electrons. The summed E-state index contributed by atoms with van der Waals surface area (Å²) in [6.07, 6.45) is -8.26. The summed E-state index contributed by atoms with van der Waals surface area (Å²) in [7, 11) is 0. The molecule has 0 atom stereocenters. The molecule has 1 aliphatic rings. The number of hydrogen-bond acceptors (Lipinski definition) is 6. The minimum absolute atomic E-state index is 0.0667. The molecule has 0 aromatic carbocycles. The topological polar surface area (TPSA) is 92.7 Å². The van der Waals surface area contributed by atoms with Gasteiger partial charge in [0.25, 0.3) is 11.8 Å². The second kappa shape index (κ2) is 7.40. The van der Waals surface area contributed by atoms with Crippen molar-refractivity contribution in [3.8, 4) is 0 Å². The van der Waals surface area contributed by atoms with Crippen LogP contribution in [0.5, 0.6) is 0 Å². The molecule has 14 heteroatoms. The minimum Gasteiger partial charge on any atom is -0.441 e. The Bertz CT molecular complexity index is 831. The van der Waals surface area contributed by atoms with Gasteiger partial charge in [0.2, 0.25) is 0 Å². The summed E-state index contributed by atoms with van der Waals surface area (Å²) in [6.45, 7) is 0.0679. The van der Waals surface area contributed by atoms with Crippen molar-refractivity contribution in [2.75, 3.05) is 26.2 Å². The van der Waals surface area contributed by atoms with Crippen molar-refractivity contribution < 1.29 is 44.8 Å². The average molecular weight is 426 g/mol. The summed E-state index contributed by atoms with van der Waals surface area (Å²) in [4.78, 5) is 33.3. The lowest BCUT2D eigenvalue weighted by molar-refractivity contribution is -0.157. The van der Waals surface area contributed by atoms with Crippen molar-refractivity contribution in [2.45, 2.75) is 18.8 Å². The van der Waals surface area contributed by atoms with E-state index in [0.29, 0.717) is 12.5 Å².